The van der Waals surface area contributed by atoms with E-state index in [1.54, 1.807) is 0 Å². The Balaban J connectivity index is 3.94. The average molecular weight is 224 g/mol. The van der Waals surface area contributed by atoms with Crippen LogP contribution < -0.4 is 5.73 Å². The van der Waals surface area contributed by atoms with Crippen molar-refractivity contribution in [2.75, 3.05) is 13.2 Å². The van der Waals surface area contributed by atoms with Crippen LogP contribution in [0.25, 0.3) is 0 Å². The zero-order chi connectivity index (χ0) is 11.0. The first kappa shape index (κ1) is 13.9. The predicted octanol–water partition coefficient (Wildman–Crippen LogP) is 1.80. The molecule has 0 amide bonds. The highest BCUT2D eigenvalue weighted by Crippen LogP contribution is 2.30. The molecule has 5 nitrogen and oxygen atoms in total. The lowest BCUT2D eigenvalue weighted by atomic mass is 10.5. The molecular formula is C8H19NO4P+. The Morgan fingerprint density at radius 1 is 1.21 bits per heavy atom. The molecule has 0 fully saturated rings. The van der Waals surface area contributed by atoms with E-state index in [1.807, 2.05) is 20.8 Å². The Kier molecular flexibility index (Phi) is 8.23. The van der Waals surface area contributed by atoms with E-state index in [1.165, 1.54) is 0 Å². The molecule has 2 atom stereocenters. The Hall–Kier alpha value is -0.0600. The largest absolute Gasteiger partial charge is 0.532 e. The normalized spacial score (nSPS) is 14.5. The lowest BCUT2D eigenvalue weighted by Crippen LogP contribution is -2.22. The maximum atomic E-state index is 11.4. The summed E-state index contributed by atoms with van der Waals surface area (Å²) in [6.07, 6.45) is 0.597. The molecule has 0 saturated heterocycles. The van der Waals surface area contributed by atoms with Crippen molar-refractivity contribution in [2.24, 2.45) is 5.73 Å². The van der Waals surface area contributed by atoms with E-state index >= 15 is 0 Å². The maximum absolute atomic E-state index is 11.4. The molecule has 0 aromatic heterocycles. The van der Waals surface area contributed by atoms with Crippen LogP contribution in [-0.2, 0) is 18.6 Å². The number of hydrogen-bond donors (Lipinski definition) is 1. The minimum absolute atomic E-state index is 0.440. The SMILES string of the molecule is CCOC(OCC)O[P+](=O)C(N)CC. The lowest BCUT2D eigenvalue weighted by Gasteiger charge is -2.10. The highest BCUT2D eigenvalue weighted by atomic mass is 31.1. The van der Waals surface area contributed by atoms with E-state index in [4.69, 9.17) is 19.7 Å². The Morgan fingerprint density at radius 2 is 1.71 bits per heavy atom. The van der Waals surface area contributed by atoms with Gasteiger partial charge in [0.05, 0.1) is 0 Å². The fourth-order valence-electron chi connectivity index (χ4n) is 0.693. The van der Waals surface area contributed by atoms with Crippen molar-refractivity contribution < 1.29 is 18.6 Å². The van der Waals surface area contributed by atoms with Crippen molar-refractivity contribution >= 4 is 8.03 Å². The summed E-state index contributed by atoms with van der Waals surface area (Å²) in [6, 6.07) is 0. The van der Waals surface area contributed by atoms with Crippen molar-refractivity contribution in [2.45, 2.75) is 39.5 Å². The van der Waals surface area contributed by atoms with Gasteiger partial charge in [-0.2, -0.15) is 0 Å². The summed E-state index contributed by atoms with van der Waals surface area (Å²) >= 11 is 0. The van der Waals surface area contributed by atoms with Gasteiger partial charge in [-0.1, -0.05) is 11.4 Å². The van der Waals surface area contributed by atoms with Crippen molar-refractivity contribution in [3.8, 4) is 0 Å². The zero-order valence-corrected chi connectivity index (χ0v) is 9.83. The molecule has 0 aromatic rings. The standard InChI is InChI=1S/C8H19NO4P/c1-4-7(9)14(10)13-8(11-5-2)12-6-3/h7-8H,4-6,9H2,1-3H3/q+1. The molecule has 0 bridgehead atoms. The third kappa shape index (κ3) is 5.62. The number of nitrogens with two attached hydrogens (primary N) is 1. The quantitative estimate of drug-likeness (QED) is 0.502. The van der Waals surface area contributed by atoms with Crippen LogP contribution in [0.3, 0.4) is 0 Å². The number of rotatable bonds is 8. The molecule has 0 spiro atoms. The molecular weight excluding hydrogens is 205 g/mol. The van der Waals surface area contributed by atoms with Crippen molar-refractivity contribution in [3.05, 3.63) is 0 Å². The summed E-state index contributed by atoms with van der Waals surface area (Å²) in [7, 11) is -1.93. The molecule has 0 heterocycles. The third-order valence-electron chi connectivity index (χ3n) is 1.48. The van der Waals surface area contributed by atoms with Gasteiger partial charge in [0, 0.05) is 19.6 Å². The summed E-state index contributed by atoms with van der Waals surface area (Å²) in [5.74, 6) is -0.464. The molecule has 0 aliphatic rings. The summed E-state index contributed by atoms with van der Waals surface area (Å²) in [5.41, 5.74) is 5.54. The van der Waals surface area contributed by atoms with Gasteiger partial charge in [-0.05, 0) is 18.4 Å². The second-order valence-corrected chi connectivity index (χ2v) is 4.01. The summed E-state index contributed by atoms with van der Waals surface area (Å²) in [5, 5.41) is 0. The maximum Gasteiger partial charge on any atom is 0.532 e. The predicted molar refractivity (Wildman–Crippen MR) is 54.0 cm³/mol. The molecule has 2 unspecified atom stereocenters. The lowest BCUT2D eigenvalue weighted by molar-refractivity contribution is -0.240. The van der Waals surface area contributed by atoms with E-state index < -0.39 is 20.3 Å². The first-order valence-corrected chi connectivity index (χ1v) is 6.02. The van der Waals surface area contributed by atoms with Crippen LogP contribution in [0, 0.1) is 0 Å². The van der Waals surface area contributed by atoms with E-state index in [-0.39, 0.29) is 0 Å². The highest BCUT2D eigenvalue weighted by Gasteiger charge is 2.32. The van der Waals surface area contributed by atoms with Crippen LogP contribution >= 0.6 is 8.03 Å². The van der Waals surface area contributed by atoms with E-state index in [9.17, 15) is 4.57 Å². The smallest absolute Gasteiger partial charge is 0.327 e. The fourth-order valence-corrected chi connectivity index (χ4v) is 1.44. The van der Waals surface area contributed by atoms with Crippen LogP contribution in [0.4, 0.5) is 0 Å². The Bertz CT molecular complexity index is 161. The van der Waals surface area contributed by atoms with Gasteiger partial charge in [0.2, 0.25) is 5.78 Å². The molecule has 84 valence electrons. The molecule has 14 heavy (non-hydrogen) atoms. The highest BCUT2D eigenvalue weighted by molar-refractivity contribution is 7.39. The van der Waals surface area contributed by atoms with E-state index in [2.05, 4.69) is 0 Å². The van der Waals surface area contributed by atoms with Crippen LogP contribution in [0.2, 0.25) is 0 Å². The third-order valence-corrected chi connectivity index (χ3v) is 2.77. The second kappa shape index (κ2) is 8.26. The van der Waals surface area contributed by atoms with Gasteiger partial charge in [0.15, 0.2) is 0 Å². The monoisotopic (exact) mass is 224 g/mol. The molecule has 0 aromatic carbocycles. The van der Waals surface area contributed by atoms with Gasteiger partial charge in [0.25, 0.3) is 0 Å². The fraction of sp³-hybridized carbons (Fsp3) is 1.00. The minimum Gasteiger partial charge on any atom is -0.327 e. The van der Waals surface area contributed by atoms with Gasteiger partial charge in [-0.15, -0.1) is 0 Å². The molecule has 0 aliphatic carbocycles. The van der Waals surface area contributed by atoms with Crippen LogP contribution in [0.1, 0.15) is 27.2 Å². The zero-order valence-electron chi connectivity index (χ0n) is 8.93. The first-order chi connectivity index (χ1) is 6.65. The number of ether oxygens (including phenoxy) is 2. The van der Waals surface area contributed by atoms with Gasteiger partial charge in [-0.3, -0.25) is 5.73 Å². The summed E-state index contributed by atoms with van der Waals surface area (Å²) < 4.78 is 26.5. The first-order valence-electron chi connectivity index (χ1n) is 4.77. The van der Waals surface area contributed by atoms with Crippen molar-refractivity contribution in [3.63, 3.8) is 0 Å². The molecule has 0 aliphatic heterocycles. The number of hydrogen-bond acceptors (Lipinski definition) is 5. The van der Waals surface area contributed by atoms with E-state index in [0.29, 0.717) is 19.6 Å². The van der Waals surface area contributed by atoms with Crippen LogP contribution in [0.5, 0.6) is 0 Å². The molecule has 0 radical (unpaired) electrons. The van der Waals surface area contributed by atoms with E-state index in [0.717, 1.165) is 0 Å². The van der Waals surface area contributed by atoms with Crippen molar-refractivity contribution in [1.82, 2.24) is 0 Å². The van der Waals surface area contributed by atoms with Crippen LogP contribution in [-0.4, -0.2) is 25.5 Å². The molecule has 0 saturated carbocycles. The average Bonchev–Trinajstić information content (AvgIpc) is 2.17. The summed E-state index contributed by atoms with van der Waals surface area (Å²) in [6.45, 7) is 5.47. The molecule has 2 N–H and O–H groups in total. The Morgan fingerprint density at radius 3 is 2.07 bits per heavy atom. The second-order valence-electron chi connectivity index (χ2n) is 2.57. The topological polar surface area (TPSA) is 70.8 Å². The Labute approximate surface area is 85.8 Å². The van der Waals surface area contributed by atoms with Gasteiger partial charge in [-0.25, -0.2) is 0 Å². The molecule has 6 heteroatoms. The molecule has 0 rings (SSSR count). The van der Waals surface area contributed by atoms with Gasteiger partial charge < -0.3 is 9.47 Å². The minimum atomic E-state index is -1.93. The van der Waals surface area contributed by atoms with Gasteiger partial charge in [0.1, 0.15) is 0 Å². The van der Waals surface area contributed by atoms with Crippen molar-refractivity contribution in [1.29, 1.82) is 0 Å². The summed E-state index contributed by atoms with van der Waals surface area (Å²) in [4.78, 5) is 0. The van der Waals surface area contributed by atoms with Gasteiger partial charge >= 0.3 is 14.5 Å². The van der Waals surface area contributed by atoms with Crippen LogP contribution in [0.15, 0.2) is 0 Å².